The van der Waals surface area contributed by atoms with Crippen molar-refractivity contribution in [1.82, 2.24) is 24.9 Å². The first-order valence-corrected chi connectivity index (χ1v) is 12.9. The Hall–Kier alpha value is -4.23. The number of carbonyl (C=O) groups excluding carboxylic acids is 3. The topological polar surface area (TPSA) is 112 Å². The number of hydrogen-bond acceptors (Lipinski definition) is 5. The molecule has 0 aliphatic carbocycles. The van der Waals surface area contributed by atoms with Crippen molar-refractivity contribution in [1.29, 1.82) is 0 Å². The Morgan fingerprint density at radius 2 is 1.71 bits per heavy atom. The van der Waals surface area contributed by atoms with Gasteiger partial charge in [-0.15, -0.1) is 5.10 Å². The lowest BCUT2D eigenvalue weighted by Gasteiger charge is -2.34. The van der Waals surface area contributed by atoms with Gasteiger partial charge >= 0.3 is 12.6 Å². The van der Waals surface area contributed by atoms with Gasteiger partial charge in [-0.05, 0) is 63.8 Å². The lowest BCUT2D eigenvalue weighted by molar-refractivity contribution is -0.111. The monoisotopic (exact) mass is 599 g/mol. The molecule has 1 atom stereocenters. The molecule has 0 radical (unpaired) electrons. The largest absolute Gasteiger partial charge is 0.333 e. The van der Waals surface area contributed by atoms with E-state index in [9.17, 15) is 23.2 Å². The standard InChI is InChI=1S/C29H33F2N7O3.H2S/c1-6-23(39)32-20-14-12-19(13-15-20)26(40)34-25-21-16-37(29(2,3)24(21)38(35-25)27(30)31)28(41)33-22(17-36(4)5)18-10-8-7-9-11-18;/h6-15,22,27H,1,16-17H2,2-5H3,(H,32,39)(H,33,41)(H,34,35,40);1H2/t22-;/m1./s1. The van der Waals surface area contributed by atoms with Gasteiger partial charge in [0.25, 0.3) is 5.91 Å². The van der Waals surface area contributed by atoms with Crippen LogP contribution in [0.5, 0.6) is 0 Å². The maximum Gasteiger partial charge on any atom is 0.333 e. The fourth-order valence-corrected chi connectivity index (χ4v) is 4.91. The second-order valence-corrected chi connectivity index (χ2v) is 10.4. The Balaban J connectivity index is 0.00000484. The van der Waals surface area contributed by atoms with Gasteiger partial charge in [-0.1, -0.05) is 36.9 Å². The third-order valence-electron chi connectivity index (χ3n) is 6.89. The van der Waals surface area contributed by atoms with Crippen LogP contribution in [0.2, 0.25) is 0 Å². The van der Waals surface area contributed by atoms with E-state index in [1.165, 1.54) is 29.2 Å². The van der Waals surface area contributed by atoms with E-state index in [2.05, 4.69) is 27.6 Å². The number of amides is 4. The van der Waals surface area contributed by atoms with Gasteiger partial charge in [0.1, 0.15) is 0 Å². The summed E-state index contributed by atoms with van der Waals surface area (Å²) < 4.78 is 28.8. The van der Waals surface area contributed by atoms with Crippen LogP contribution < -0.4 is 16.0 Å². The average molecular weight is 600 g/mol. The Morgan fingerprint density at radius 1 is 1.07 bits per heavy atom. The van der Waals surface area contributed by atoms with Gasteiger partial charge in [0.2, 0.25) is 5.91 Å². The second kappa shape index (κ2) is 13.2. The van der Waals surface area contributed by atoms with E-state index in [1.807, 2.05) is 49.3 Å². The predicted molar refractivity (Wildman–Crippen MR) is 162 cm³/mol. The molecular formula is C29H35F2N7O3S. The molecule has 1 aromatic heterocycles. The first kappa shape index (κ1) is 32.3. The summed E-state index contributed by atoms with van der Waals surface area (Å²) in [4.78, 5) is 41.5. The van der Waals surface area contributed by atoms with E-state index in [4.69, 9.17) is 0 Å². The van der Waals surface area contributed by atoms with Crippen LogP contribution in [0.4, 0.5) is 25.1 Å². The fraction of sp³-hybridized carbons (Fsp3) is 0.310. The summed E-state index contributed by atoms with van der Waals surface area (Å²) in [6.07, 6.45) is 1.12. The molecule has 0 spiro atoms. The molecule has 10 nitrogen and oxygen atoms in total. The normalized spacial score (nSPS) is 14.1. The lowest BCUT2D eigenvalue weighted by Crippen LogP contribution is -2.49. The minimum Gasteiger partial charge on any atom is -0.330 e. The van der Waals surface area contributed by atoms with Gasteiger partial charge in [0, 0.05) is 23.4 Å². The first-order chi connectivity index (χ1) is 19.4. The summed E-state index contributed by atoms with van der Waals surface area (Å²) in [6.45, 7) is 4.23. The number of halogens is 2. The molecule has 2 heterocycles. The molecule has 13 heteroatoms. The molecule has 0 bridgehead atoms. The highest BCUT2D eigenvalue weighted by atomic mass is 32.1. The lowest BCUT2D eigenvalue weighted by atomic mass is 10.0. The number of anilines is 2. The van der Waals surface area contributed by atoms with Gasteiger partial charge in [-0.2, -0.15) is 22.3 Å². The molecule has 0 fully saturated rings. The van der Waals surface area contributed by atoms with Crippen LogP contribution in [-0.2, 0) is 16.9 Å². The molecule has 0 saturated heterocycles. The van der Waals surface area contributed by atoms with Crippen LogP contribution >= 0.6 is 13.5 Å². The summed E-state index contributed by atoms with van der Waals surface area (Å²) in [5.74, 6) is -1.03. The molecule has 1 aliphatic heterocycles. The van der Waals surface area contributed by atoms with Crippen molar-refractivity contribution in [3.05, 3.63) is 89.6 Å². The van der Waals surface area contributed by atoms with Crippen molar-refractivity contribution < 1.29 is 23.2 Å². The van der Waals surface area contributed by atoms with Crippen molar-refractivity contribution in [2.24, 2.45) is 0 Å². The van der Waals surface area contributed by atoms with Crippen LogP contribution in [0.25, 0.3) is 0 Å². The Morgan fingerprint density at radius 3 is 2.29 bits per heavy atom. The van der Waals surface area contributed by atoms with Gasteiger partial charge in [-0.3, -0.25) is 9.59 Å². The minimum atomic E-state index is -2.99. The van der Waals surface area contributed by atoms with Crippen molar-refractivity contribution in [3.63, 3.8) is 0 Å². The number of benzene rings is 2. The summed E-state index contributed by atoms with van der Waals surface area (Å²) in [5.41, 5.74) is 0.910. The quantitative estimate of drug-likeness (QED) is 0.305. The average Bonchev–Trinajstić information content (AvgIpc) is 3.43. The zero-order valence-corrected chi connectivity index (χ0v) is 24.8. The third kappa shape index (κ3) is 6.80. The molecule has 3 aromatic rings. The minimum absolute atomic E-state index is 0. The number of fused-ring (bicyclic) bond motifs is 1. The number of aromatic nitrogens is 2. The van der Waals surface area contributed by atoms with Crippen LogP contribution in [0.1, 0.15) is 53.6 Å². The molecule has 0 unspecified atom stereocenters. The van der Waals surface area contributed by atoms with E-state index in [1.54, 1.807) is 13.8 Å². The van der Waals surface area contributed by atoms with E-state index in [-0.39, 0.29) is 43.2 Å². The summed E-state index contributed by atoms with van der Waals surface area (Å²) in [6, 6.07) is 14.7. The molecule has 224 valence electrons. The molecule has 3 N–H and O–H groups in total. The number of likely N-dealkylation sites (N-methyl/N-ethyl adjacent to an activating group) is 1. The highest BCUT2D eigenvalue weighted by Crippen LogP contribution is 2.43. The summed E-state index contributed by atoms with van der Waals surface area (Å²) in [5, 5.41) is 12.3. The molecular weight excluding hydrogens is 564 g/mol. The maximum atomic E-state index is 14.1. The SMILES string of the molecule is C=CC(=O)Nc1ccc(C(=O)Nc2nn(C(F)F)c3c2CN(C(=O)N[C@H](CN(C)C)c2ccccc2)C3(C)C)cc1.S. The van der Waals surface area contributed by atoms with Crippen LogP contribution in [0.15, 0.2) is 67.3 Å². The van der Waals surface area contributed by atoms with E-state index >= 15 is 0 Å². The Bertz CT molecular complexity index is 1440. The predicted octanol–water partition coefficient (Wildman–Crippen LogP) is 4.83. The van der Waals surface area contributed by atoms with Gasteiger partial charge in [-0.25, -0.2) is 9.48 Å². The highest BCUT2D eigenvalue weighted by molar-refractivity contribution is 7.59. The first-order valence-electron chi connectivity index (χ1n) is 12.9. The number of carbonyl (C=O) groups is 3. The zero-order valence-electron chi connectivity index (χ0n) is 23.8. The molecule has 4 amide bonds. The number of nitrogens with zero attached hydrogens (tertiary/aromatic N) is 4. The number of rotatable bonds is 9. The summed E-state index contributed by atoms with van der Waals surface area (Å²) >= 11 is 0. The molecule has 4 rings (SSSR count). The maximum absolute atomic E-state index is 14.1. The van der Waals surface area contributed by atoms with Crippen molar-refractivity contribution >= 4 is 42.8 Å². The number of hydrogen-bond donors (Lipinski definition) is 3. The van der Waals surface area contributed by atoms with Gasteiger partial charge < -0.3 is 25.8 Å². The number of nitrogens with one attached hydrogen (secondary N) is 3. The van der Waals surface area contributed by atoms with Crippen molar-refractivity contribution in [3.8, 4) is 0 Å². The van der Waals surface area contributed by atoms with Gasteiger partial charge in [0.15, 0.2) is 5.82 Å². The molecule has 42 heavy (non-hydrogen) atoms. The highest BCUT2D eigenvalue weighted by Gasteiger charge is 2.47. The molecule has 0 saturated carbocycles. The Kier molecular flexibility index (Phi) is 10.1. The van der Waals surface area contributed by atoms with Crippen molar-refractivity contribution in [2.45, 2.75) is 38.5 Å². The van der Waals surface area contributed by atoms with Crippen molar-refractivity contribution in [2.75, 3.05) is 31.3 Å². The summed E-state index contributed by atoms with van der Waals surface area (Å²) in [7, 11) is 3.80. The Labute approximate surface area is 250 Å². The molecule has 2 aromatic carbocycles. The second-order valence-electron chi connectivity index (χ2n) is 10.4. The van der Waals surface area contributed by atoms with Gasteiger partial charge in [0.05, 0.1) is 23.8 Å². The van der Waals surface area contributed by atoms with E-state index in [0.717, 1.165) is 11.6 Å². The van der Waals surface area contributed by atoms with Crippen LogP contribution in [-0.4, -0.2) is 58.1 Å². The van der Waals surface area contributed by atoms with E-state index in [0.29, 0.717) is 22.5 Å². The molecule has 1 aliphatic rings. The van der Waals surface area contributed by atoms with Crippen LogP contribution in [0, 0.1) is 0 Å². The number of alkyl halides is 2. The fourth-order valence-electron chi connectivity index (χ4n) is 4.91. The smallest absolute Gasteiger partial charge is 0.330 e. The zero-order chi connectivity index (χ0) is 29.9. The van der Waals surface area contributed by atoms with E-state index < -0.39 is 29.9 Å². The third-order valence-corrected chi connectivity index (χ3v) is 6.89. The number of urea groups is 1. The van der Waals surface area contributed by atoms with Crippen LogP contribution in [0.3, 0.4) is 0 Å².